The maximum Gasteiger partial charge on any atom is 0.261 e. The van der Waals surface area contributed by atoms with Crippen LogP contribution in [0.2, 0.25) is 0 Å². The summed E-state index contributed by atoms with van der Waals surface area (Å²) in [6.45, 7) is 1.67. The first-order valence-electron chi connectivity index (χ1n) is 8.30. The lowest BCUT2D eigenvalue weighted by atomic mass is 10.2. The first-order valence-corrected chi connectivity index (χ1v) is 8.30. The van der Waals surface area contributed by atoms with Gasteiger partial charge in [0.25, 0.3) is 5.56 Å². The van der Waals surface area contributed by atoms with Crippen molar-refractivity contribution in [2.45, 2.75) is 25.4 Å². The fraction of sp³-hybridized carbons (Fsp3) is 0.353. The summed E-state index contributed by atoms with van der Waals surface area (Å²) in [5.74, 6) is 0.0441. The number of hydrogen-bond acceptors (Lipinski definition) is 5. The van der Waals surface area contributed by atoms with Crippen LogP contribution in [-0.2, 0) is 11.3 Å². The number of fused-ring (bicyclic) bond motifs is 1. The minimum atomic E-state index is -0.111. The Hall–Kier alpha value is -3.03. The maximum absolute atomic E-state index is 12.5. The number of benzene rings is 1. The molecule has 1 aliphatic rings. The van der Waals surface area contributed by atoms with Gasteiger partial charge in [0.15, 0.2) is 0 Å². The van der Waals surface area contributed by atoms with Crippen LogP contribution in [-0.4, -0.2) is 48.4 Å². The number of hydrogen-bond donors (Lipinski definition) is 0. The second-order valence-electron chi connectivity index (χ2n) is 6.18. The lowest BCUT2D eigenvalue weighted by molar-refractivity contribution is -0.130. The number of nitrogens with zero attached hydrogens (tertiary/aromatic N) is 6. The Balaban J connectivity index is 1.41. The molecule has 3 heterocycles. The quantitative estimate of drug-likeness (QED) is 0.704. The van der Waals surface area contributed by atoms with Crippen LogP contribution in [0.25, 0.3) is 10.9 Å². The number of para-hydroxylation sites is 1. The highest BCUT2D eigenvalue weighted by Crippen LogP contribution is 2.20. The lowest BCUT2D eigenvalue weighted by Crippen LogP contribution is -2.31. The molecule has 0 spiro atoms. The van der Waals surface area contributed by atoms with Crippen molar-refractivity contribution in [2.75, 3.05) is 13.1 Å². The molecule has 0 saturated carbocycles. The molecule has 128 valence electrons. The van der Waals surface area contributed by atoms with Crippen LogP contribution in [0.5, 0.6) is 0 Å². The average Bonchev–Trinajstić information content (AvgIpc) is 3.32. The highest BCUT2D eigenvalue weighted by molar-refractivity contribution is 5.77. The first-order chi connectivity index (χ1) is 12.2. The molecule has 1 amide bonds. The Bertz CT molecular complexity index is 949. The summed E-state index contributed by atoms with van der Waals surface area (Å²) >= 11 is 0. The van der Waals surface area contributed by atoms with Crippen molar-refractivity contribution < 1.29 is 4.79 Å². The fourth-order valence-corrected chi connectivity index (χ4v) is 3.24. The van der Waals surface area contributed by atoms with Gasteiger partial charge in [-0.3, -0.25) is 14.2 Å². The molecule has 0 radical (unpaired) electrons. The predicted molar refractivity (Wildman–Crippen MR) is 90.9 cm³/mol. The third kappa shape index (κ3) is 3.02. The summed E-state index contributed by atoms with van der Waals surface area (Å²) < 4.78 is 3.30. The second kappa shape index (κ2) is 6.46. The Morgan fingerprint density at radius 1 is 1.28 bits per heavy atom. The van der Waals surface area contributed by atoms with Gasteiger partial charge >= 0.3 is 0 Å². The number of amides is 1. The smallest absolute Gasteiger partial charge is 0.261 e. The summed E-state index contributed by atoms with van der Waals surface area (Å²) in [6, 6.07) is 7.40. The molecular weight excluding hydrogens is 320 g/mol. The summed E-state index contributed by atoms with van der Waals surface area (Å²) in [4.78, 5) is 31.0. The van der Waals surface area contributed by atoms with Crippen LogP contribution in [0.3, 0.4) is 0 Å². The number of carbonyl (C=O) groups excluding carboxylic acids is 1. The van der Waals surface area contributed by atoms with Gasteiger partial charge in [-0.05, 0) is 18.6 Å². The van der Waals surface area contributed by atoms with Gasteiger partial charge in [0.2, 0.25) is 5.91 Å². The van der Waals surface area contributed by atoms with Crippen molar-refractivity contribution in [2.24, 2.45) is 0 Å². The molecule has 1 saturated heterocycles. The van der Waals surface area contributed by atoms with Gasteiger partial charge < -0.3 is 4.90 Å². The largest absolute Gasteiger partial charge is 0.340 e. The summed E-state index contributed by atoms with van der Waals surface area (Å²) in [6.07, 6.45) is 6.12. The van der Waals surface area contributed by atoms with E-state index in [1.807, 2.05) is 23.2 Å². The number of aromatic nitrogens is 5. The maximum atomic E-state index is 12.5. The van der Waals surface area contributed by atoms with E-state index in [4.69, 9.17) is 0 Å². The van der Waals surface area contributed by atoms with Crippen molar-refractivity contribution in [3.8, 4) is 0 Å². The molecule has 0 bridgehead atoms. The van der Waals surface area contributed by atoms with E-state index in [-0.39, 0.29) is 23.9 Å². The van der Waals surface area contributed by atoms with E-state index in [0.29, 0.717) is 30.5 Å². The molecule has 1 fully saturated rings. The molecular formula is C17H18N6O2. The summed E-state index contributed by atoms with van der Waals surface area (Å²) in [7, 11) is 0. The zero-order chi connectivity index (χ0) is 17.2. The van der Waals surface area contributed by atoms with Gasteiger partial charge in [-0.15, -0.1) is 5.10 Å². The Labute approximate surface area is 143 Å². The third-order valence-corrected chi connectivity index (χ3v) is 4.63. The van der Waals surface area contributed by atoms with Crippen LogP contribution in [0, 0.1) is 0 Å². The van der Waals surface area contributed by atoms with Crippen LogP contribution in [0.15, 0.2) is 47.8 Å². The zero-order valence-electron chi connectivity index (χ0n) is 13.7. The normalized spacial score (nSPS) is 17.3. The van der Waals surface area contributed by atoms with E-state index in [1.165, 1.54) is 10.9 Å². The molecule has 1 aliphatic heterocycles. The monoisotopic (exact) mass is 338 g/mol. The Morgan fingerprint density at radius 3 is 3.00 bits per heavy atom. The van der Waals surface area contributed by atoms with E-state index in [0.717, 1.165) is 6.42 Å². The molecule has 1 atom stereocenters. The number of rotatable bonds is 4. The van der Waals surface area contributed by atoms with Crippen LogP contribution in [0.4, 0.5) is 0 Å². The van der Waals surface area contributed by atoms with Gasteiger partial charge in [-0.1, -0.05) is 17.3 Å². The van der Waals surface area contributed by atoms with E-state index in [2.05, 4.69) is 15.3 Å². The Kier molecular flexibility index (Phi) is 4.01. The SMILES string of the molecule is O=C(CCn1cnc2ccccc2c1=O)N1CC[C@H](n2ccnn2)C1. The number of likely N-dealkylation sites (tertiary alicyclic amines) is 1. The minimum Gasteiger partial charge on any atom is -0.340 e. The van der Waals surface area contributed by atoms with Crippen molar-refractivity contribution >= 4 is 16.8 Å². The zero-order valence-corrected chi connectivity index (χ0v) is 13.7. The highest BCUT2D eigenvalue weighted by atomic mass is 16.2. The molecule has 0 aliphatic carbocycles. The molecule has 0 N–H and O–H groups in total. The molecule has 8 heteroatoms. The van der Waals surface area contributed by atoms with Gasteiger partial charge in [0.05, 0.1) is 29.5 Å². The molecule has 25 heavy (non-hydrogen) atoms. The molecule has 2 aromatic heterocycles. The molecule has 8 nitrogen and oxygen atoms in total. The Morgan fingerprint density at radius 2 is 2.16 bits per heavy atom. The molecule has 1 aromatic carbocycles. The van der Waals surface area contributed by atoms with Crippen molar-refractivity contribution in [3.05, 3.63) is 53.3 Å². The van der Waals surface area contributed by atoms with Gasteiger partial charge in [0.1, 0.15) is 0 Å². The standard InChI is InChI=1S/C17H18N6O2/c24-16(21-8-5-13(11-21)23-10-7-19-20-23)6-9-22-12-18-15-4-2-1-3-14(15)17(22)25/h1-4,7,10,12-13H,5-6,8-9,11H2/t13-/m0/s1. The second-order valence-corrected chi connectivity index (χ2v) is 6.18. The average molecular weight is 338 g/mol. The molecule has 0 unspecified atom stereocenters. The van der Waals surface area contributed by atoms with E-state index < -0.39 is 0 Å². The third-order valence-electron chi connectivity index (χ3n) is 4.63. The van der Waals surface area contributed by atoms with Gasteiger partial charge in [0, 0.05) is 32.3 Å². The lowest BCUT2D eigenvalue weighted by Gasteiger charge is -2.17. The van der Waals surface area contributed by atoms with Crippen LogP contribution in [0.1, 0.15) is 18.9 Å². The van der Waals surface area contributed by atoms with Crippen LogP contribution >= 0.6 is 0 Å². The van der Waals surface area contributed by atoms with E-state index in [1.54, 1.807) is 23.0 Å². The van der Waals surface area contributed by atoms with Crippen molar-refractivity contribution in [3.63, 3.8) is 0 Å². The predicted octanol–water partition coefficient (Wildman–Crippen LogP) is 0.852. The van der Waals surface area contributed by atoms with Crippen LogP contribution < -0.4 is 5.56 Å². The van der Waals surface area contributed by atoms with Gasteiger partial charge in [-0.2, -0.15) is 0 Å². The fourth-order valence-electron chi connectivity index (χ4n) is 3.24. The van der Waals surface area contributed by atoms with E-state index in [9.17, 15) is 9.59 Å². The number of carbonyl (C=O) groups is 1. The summed E-state index contributed by atoms with van der Waals surface area (Å²) in [5, 5.41) is 8.39. The van der Waals surface area contributed by atoms with Crippen molar-refractivity contribution in [1.29, 1.82) is 0 Å². The highest BCUT2D eigenvalue weighted by Gasteiger charge is 2.27. The van der Waals surface area contributed by atoms with E-state index >= 15 is 0 Å². The first kappa shape index (κ1) is 15.5. The number of aryl methyl sites for hydroxylation is 1. The molecule has 4 rings (SSSR count). The molecule has 3 aromatic rings. The van der Waals surface area contributed by atoms with Gasteiger partial charge in [-0.25, -0.2) is 9.67 Å². The minimum absolute atomic E-state index is 0.0441. The van der Waals surface area contributed by atoms with Crippen molar-refractivity contribution in [1.82, 2.24) is 29.4 Å². The summed E-state index contributed by atoms with van der Waals surface area (Å²) in [5.41, 5.74) is 0.561. The topological polar surface area (TPSA) is 85.9 Å².